The summed E-state index contributed by atoms with van der Waals surface area (Å²) < 4.78 is 0. The van der Waals surface area contributed by atoms with Crippen LogP contribution in [0.4, 0.5) is 0 Å². The molecule has 78 valence electrons. The molecule has 1 saturated carbocycles. The van der Waals surface area contributed by atoms with Crippen LogP contribution in [0.25, 0.3) is 0 Å². The van der Waals surface area contributed by atoms with E-state index in [1.54, 1.807) is 0 Å². The van der Waals surface area contributed by atoms with Crippen LogP contribution in [0.5, 0.6) is 0 Å². The molecule has 2 rings (SSSR count). The Morgan fingerprint density at radius 3 is 2.71 bits per heavy atom. The maximum absolute atomic E-state index is 12.0. The van der Waals surface area contributed by atoms with Crippen molar-refractivity contribution in [2.45, 2.75) is 31.2 Å². The van der Waals surface area contributed by atoms with Crippen molar-refractivity contribution in [1.29, 1.82) is 0 Å². The quantitative estimate of drug-likeness (QED) is 0.636. The van der Waals surface area contributed by atoms with Crippen LogP contribution in [0.15, 0.2) is 0 Å². The molecule has 0 aromatic carbocycles. The number of hydrogen-bond donors (Lipinski definition) is 2. The Bertz CT molecular complexity index is 274. The normalized spacial score (nSPS) is 24.8. The Hall–Kier alpha value is -0.680. The topological polar surface area (TPSA) is 52.6 Å². The zero-order valence-corrected chi connectivity index (χ0v) is 8.77. The molecule has 0 radical (unpaired) electrons. The van der Waals surface area contributed by atoms with Crippen LogP contribution in [0, 0.1) is 0 Å². The summed E-state index contributed by atoms with van der Waals surface area (Å²) in [6.07, 6.45) is 3.89. The highest BCUT2D eigenvalue weighted by molar-refractivity contribution is 7.80. The fourth-order valence-corrected chi connectivity index (χ4v) is 2.67. The zero-order chi connectivity index (χ0) is 10.2. The number of carbonyl (C=O) groups is 1. The van der Waals surface area contributed by atoms with Gasteiger partial charge in [-0.05, 0) is 25.1 Å². The average molecular weight is 214 g/mol. The van der Waals surface area contributed by atoms with E-state index in [0.29, 0.717) is 11.7 Å². The van der Waals surface area contributed by atoms with Gasteiger partial charge in [0.05, 0.1) is 13.2 Å². The molecular formula is C9H14N2O2S. The summed E-state index contributed by atoms with van der Waals surface area (Å²) in [6, 6.07) is 0. The van der Waals surface area contributed by atoms with Gasteiger partial charge < -0.3 is 10.4 Å². The first-order valence-corrected chi connectivity index (χ1v) is 5.35. The first-order valence-electron chi connectivity index (χ1n) is 4.95. The second-order valence-corrected chi connectivity index (χ2v) is 4.29. The number of nitrogens with zero attached hydrogens (tertiary/aromatic N) is 1. The van der Waals surface area contributed by atoms with Crippen molar-refractivity contribution in [1.82, 2.24) is 10.2 Å². The van der Waals surface area contributed by atoms with Gasteiger partial charge in [0.15, 0.2) is 5.11 Å². The molecule has 1 aliphatic heterocycles. The number of nitrogens with one attached hydrogen (secondary N) is 1. The minimum atomic E-state index is -0.424. The smallest absolute Gasteiger partial charge is 0.254 e. The van der Waals surface area contributed by atoms with E-state index in [2.05, 4.69) is 5.32 Å². The molecule has 0 bridgehead atoms. The minimum Gasteiger partial charge on any atom is -0.395 e. The summed E-state index contributed by atoms with van der Waals surface area (Å²) >= 11 is 5.08. The molecule has 1 amide bonds. The number of aliphatic hydroxyl groups excluding tert-OH is 1. The number of rotatable bonds is 2. The van der Waals surface area contributed by atoms with Crippen molar-refractivity contribution >= 4 is 23.2 Å². The van der Waals surface area contributed by atoms with Gasteiger partial charge in [0, 0.05) is 0 Å². The fourth-order valence-electron chi connectivity index (χ4n) is 2.30. The summed E-state index contributed by atoms with van der Waals surface area (Å²) in [5.41, 5.74) is -0.424. The van der Waals surface area contributed by atoms with Crippen molar-refractivity contribution in [3.8, 4) is 0 Å². The Morgan fingerprint density at radius 2 is 2.14 bits per heavy atom. The first-order chi connectivity index (χ1) is 6.69. The molecule has 1 aliphatic carbocycles. The van der Waals surface area contributed by atoms with Crippen LogP contribution in [0.2, 0.25) is 0 Å². The van der Waals surface area contributed by atoms with E-state index < -0.39 is 5.54 Å². The van der Waals surface area contributed by atoms with E-state index in [1.165, 1.54) is 4.90 Å². The van der Waals surface area contributed by atoms with E-state index in [9.17, 15) is 4.79 Å². The SMILES string of the molecule is O=C1N(CCO)C(=S)NC12CCCC2. The lowest BCUT2D eigenvalue weighted by Gasteiger charge is -2.20. The van der Waals surface area contributed by atoms with Crippen molar-refractivity contribution in [2.75, 3.05) is 13.2 Å². The Kier molecular flexibility index (Phi) is 2.45. The Morgan fingerprint density at radius 1 is 1.50 bits per heavy atom. The monoisotopic (exact) mass is 214 g/mol. The number of hydrogen-bond acceptors (Lipinski definition) is 3. The van der Waals surface area contributed by atoms with Gasteiger partial charge in [0.2, 0.25) is 0 Å². The molecule has 0 unspecified atom stereocenters. The van der Waals surface area contributed by atoms with Crippen molar-refractivity contribution in [3.63, 3.8) is 0 Å². The molecule has 0 aromatic heterocycles. The van der Waals surface area contributed by atoms with Gasteiger partial charge in [-0.2, -0.15) is 0 Å². The van der Waals surface area contributed by atoms with E-state index in [-0.39, 0.29) is 12.5 Å². The number of β-amino-alcohol motifs (C(OH)–C–C–N with tert-alkyl or cyclic N) is 1. The summed E-state index contributed by atoms with van der Waals surface area (Å²) in [5.74, 6) is 0.0500. The van der Waals surface area contributed by atoms with Gasteiger partial charge in [-0.3, -0.25) is 9.69 Å². The maximum atomic E-state index is 12.0. The molecule has 0 aromatic rings. The summed E-state index contributed by atoms with van der Waals surface area (Å²) in [6.45, 7) is 0.274. The van der Waals surface area contributed by atoms with Crippen molar-refractivity contribution < 1.29 is 9.90 Å². The summed E-state index contributed by atoms with van der Waals surface area (Å²) in [7, 11) is 0. The lowest BCUT2D eigenvalue weighted by atomic mass is 9.98. The van der Waals surface area contributed by atoms with E-state index in [1.807, 2.05) is 0 Å². The largest absolute Gasteiger partial charge is 0.395 e. The van der Waals surface area contributed by atoms with Crippen LogP contribution < -0.4 is 5.32 Å². The van der Waals surface area contributed by atoms with Crippen LogP contribution >= 0.6 is 12.2 Å². The lowest BCUT2D eigenvalue weighted by molar-refractivity contribution is -0.131. The molecule has 2 fully saturated rings. The molecule has 1 heterocycles. The summed E-state index contributed by atoms with van der Waals surface area (Å²) in [4.78, 5) is 13.5. The third kappa shape index (κ3) is 1.31. The van der Waals surface area contributed by atoms with Crippen LogP contribution in [0.3, 0.4) is 0 Å². The molecule has 4 nitrogen and oxygen atoms in total. The molecule has 1 spiro atoms. The highest BCUT2D eigenvalue weighted by atomic mass is 32.1. The van der Waals surface area contributed by atoms with Gasteiger partial charge >= 0.3 is 0 Å². The van der Waals surface area contributed by atoms with Gasteiger partial charge in [-0.1, -0.05) is 12.8 Å². The second-order valence-electron chi connectivity index (χ2n) is 3.90. The second kappa shape index (κ2) is 3.47. The molecule has 5 heteroatoms. The molecule has 2 N–H and O–H groups in total. The van der Waals surface area contributed by atoms with Crippen LogP contribution in [0.1, 0.15) is 25.7 Å². The van der Waals surface area contributed by atoms with E-state index in [4.69, 9.17) is 17.3 Å². The summed E-state index contributed by atoms with van der Waals surface area (Å²) in [5, 5.41) is 12.4. The third-order valence-corrected chi connectivity index (χ3v) is 3.35. The van der Waals surface area contributed by atoms with Crippen molar-refractivity contribution in [2.24, 2.45) is 0 Å². The van der Waals surface area contributed by atoms with Crippen LogP contribution in [-0.4, -0.2) is 39.7 Å². The first kappa shape index (κ1) is 9.86. The Balaban J connectivity index is 2.18. The van der Waals surface area contributed by atoms with Crippen molar-refractivity contribution in [3.05, 3.63) is 0 Å². The third-order valence-electron chi connectivity index (χ3n) is 3.03. The number of thiocarbonyl (C=S) groups is 1. The predicted molar refractivity (Wildman–Crippen MR) is 55.7 cm³/mol. The Labute approximate surface area is 88.3 Å². The molecule has 2 aliphatic rings. The van der Waals surface area contributed by atoms with Gasteiger partial charge in [0.1, 0.15) is 5.54 Å². The minimum absolute atomic E-state index is 0.0381. The lowest BCUT2D eigenvalue weighted by Crippen LogP contribution is -2.44. The van der Waals surface area contributed by atoms with Gasteiger partial charge in [-0.15, -0.1) is 0 Å². The molecular weight excluding hydrogens is 200 g/mol. The number of amides is 1. The predicted octanol–water partition coefficient (Wildman–Crippen LogP) is 0.00820. The average Bonchev–Trinajstić information content (AvgIpc) is 2.69. The number of carbonyl (C=O) groups excluding carboxylic acids is 1. The molecule has 14 heavy (non-hydrogen) atoms. The molecule has 1 saturated heterocycles. The highest BCUT2D eigenvalue weighted by Gasteiger charge is 2.50. The van der Waals surface area contributed by atoms with Gasteiger partial charge in [0.25, 0.3) is 5.91 Å². The highest BCUT2D eigenvalue weighted by Crippen LogP contribution is 2.34. The standard InChI is InChI=1S/C9H14N2O2S/c12-6-5-11-7(13)9(10-8(11)14)3-1-2-4-9/h12H,1-6H2,(H,10,14). The maximum Gasteiger partial charge on any atom is 0.254 e. The fraction of sp³-hybridized carbons (Fsp3) is 0.778. The van der Waals surface area contributed by atoms with Crippen LogP contribution in [-0.2, 0) is 4.79 Å². The number of aliphatic hydroxyl groups is 1. The van der Waals surface area contributed by atoms with E-state index in [0.717, 1.165) is 25.7 Å². The van der Waals surface area contributed by atoms with E-state index >= 15 is 0 Å². The van der Waals surface area contributed by atoms with Gasteiger partial charge in [-0.25, -0.2) is 0 Å². The zero-order valence-electron chi connectivity index (χ0n) is 7.95. The molecule has 0 atom stereocenters.